The Labute approximate surface area is 112 Å². The van der Waals surface area contributed by atoms with Crippen molar-refractivity contribution >= 4 is 11.1 Å². The van der Waals surface area contributed by atoms with Crippen LogP contribution in [0.25, 0.3) is 11.1 Å². The van der Waals surface area contributed by atoms with E-state index in [-0.39, 0.29) is 5.79 Å². The molecule has 3 rings (SSSR count). The number of nitrogens with zero attached hydrogens (tertiary/aromatic N) is 1. The van der Waals surface area contributed by atoms with E-state index in [1.54, 1.807) is 0 Å². The fourth-order valence-corrected chi connectivity index (χ4v) is 2.45. The summed E-state index contributed by atoms with van der Waals surface area (Å²) in [6.07, 6.45) is 3.88. The van der Waals surface area contributed by atoms with Gasteiger partial charge >= 0.3 is 0 Å². The molecule has 1 saturated heterocycles. The molecule has 1 aromatic heterocycles. The molecule has 0 amide bonds. The number of oxazole rings is 1. The summed E-state index contributed by atoms with van der Waals surface area (Å²) in [6.45, 7) is 3.43. The molecule has 4 heteroatoms. The molecule has 2 aromatic rings. The van der Waals surface area contributed by atoms with Gasteiger partial charge in [-0.05, 0) is 31.9 Å². The highest BCUT2D eigenvalue weighted by molar-refractivity contribution is 5.72. The number of ether oxygens (including phenoxy) is 2. The minimum absolute atomic E-state index is 0.374. The standard InChI is InChI=1S/C15H19NO3/c1-15(17-10-11-18-15)9-5-4-8-14-16-12-6-2-3-7-13(12)19-14/h2-3,6-7H,4-5,8-11H2,1H3. The third-order valence-corrected chi connectivity index (χ3v) is 3.51. The van der Waals surface area contributed by atoms with Crippen LogP contribution in [0.2, 0.25) is 0 Å². The number of para-hydroxylation sites is 2. The first kappa shape index (κ1) is 12.6. The van der Waals surface area contributed by atoms with Crippen molar-refractivity contribution in [3.8, 4) is 0 Å². The zero-order valence-corrected chi connectivity index (χ0v) is 11.2. The number of fused-ring (bicyclic) bond motifs is 1. The van der Waals surface area contributed by atoms with Gasteiger partial charge in [-0.1, -0.05) is 12.1 Å². The predicted molar refractivity (Wildman–Crippen MR) is 71.9 cm³/mol. The third kappa shape index (κ3) is 2.96. The van der Waals surface area contributed by atoms with Crippen LogP contribution in [0.15, 0.2) is 28.7 Å². The summed E-state index contributed by atoms with van der Waals surface area (Å²) in [4.78, 5) is 4.47. The lowest BCUT2D eigenvalue weighted by molar-refractivity contribution is -0.147. The van der Waals surface area contributed by atoms with Gasteiger partial charge in [-0.2, -0.15) is 0 Å². The molecule has 0 N–H and O–H groups in total. The highest BCUT2D eigenvalue weighted by Crippen LogP contribution is 2.25. The van der Waals surface area contributed by atoms with Crippen molar-refractivity contribution in [2.45, 2.75) is 38.4 Å². The lowest BCUT2D eigenvalue weighted by atomic mass is 10.1. The first-order chi connectivity index (χ1) is 9.25. The summed E-state index contributed by atoms with van der Waals surface area (Å²) in [5.74, 6) is 0.445. The fourth-order valence-electron chi connectivity index (χ4n) is 2.45. The molecular formula is C15H19NO3. The third-order valence-electron chi connectivity index (χ3n) is 3.51. The summed E-state index contributed by atoms with van der Waals surface area (Å²) in [5.41, 5.74) is 1.80. The van der Waals surface area contributed by atoms with Gasteiger partial charge in [0.25, 0.3) is 0 Å². The number of hydrogen-bond acceptors (Lipinski definition) is 4. The van der Waals surface area contributed by atoms with Gasteiger partial charge in [0.1, 0.15) is 5.52 Å². The van der Waals surface area contributed by atoms with Crippen LogP contribution in [0.4, 0.5) is 0 Å². The van der Waals surface area contributed by atoms with Gasteiger partial charge < -0.3 is 13.9 Å². The van der Waals surface area contributed by atoms with Gasteiger partial charge in [0.2, 0.25) is 0 Å². The molecule has 0 atom stereocenters. The Bertz CT molecular complexity index is 510. The smallest absolute Gasteiger partial charge is 0.195 e. The quantitative estimate of drug-likeness (QED) is 0.775. The zero-order chi connectivity index (χ0) is 13.1. The molecule has 1 fully saturated rings. The molecule has 19 heavy (non-hydrogen) atoms. The Morgan fingerprint density at radius 3 is 2.74 bits per heavy atom. The summed E-state index contributed by atoms with van der Waals surface area (Å²) in [7, 11) is 0. The second kappa shape index (κ2) is 5.31. The molecule has 0 radical (unpaired) electrons. The van der Waals surface area contributed by atoms with Crippen LogP contribution in [0.5, 0.6) is 0 Å². The summed E-state index contributed by atoms with van der Waals surface area (Å²) >= 11 is 0. The molecule has 1 aromatic carbocycles. The van der Waals surface area contributed by atoms with Crippen molar-refractivity contribution in [2.24, 2.45) is 0 Å². The predicted octanol–water partition coefficient (Wildman–Crippen LogP) is 3.30. The maximum atomic E-state index is 5.69. The number of aryl methyl sites for hydroxylation is 1. The highest BCUT2D eigenvalue weighted by Gasteiger charge is 2.29. The normalized spacial score (nSPS) is 18.2. The SMILES string of the molecule is CC1(CCCCc2nc3ccccc3o2)OCCO1. The minimum Gasteiger partial charge on any atom is -0.441 e. The van der Waals surface area contributed by atoms with Gasteiger partial charge in [0, 0.05) is 12.8 Å². The molecule has 102 valence electrons. The van der Waals surface area contributed by atoms with E-state index in [1.165, 1.54) is 0 Å². The molecule has 4 nitrogen and oxygen atoms in total. The van der Waals surface area contributed by atoms with E-state index in [2.05, 4.69) is 4.98 Å². The van der Waals surface area contributed by atoms with Crippen LogP contribution >= 0.6 is 0 Å². The Morgan fingerprint density at radius 1 is 1.16 bits per heavy atom. The number of hydrogen-bond donors (Lipinski definition) is 0. The van der Waals surface area contributed by atoms with Crippen molar-refractivity contribution in [2.75, 3.05) is 13.2 Å². The van der Waals surface area contributed by atoms with Crippen molar-refractivity contribution in [3.05, 3.63) is 30.2 Å². The number of unbranched alkanes of at least 4 members (excludes halogenated alkanes) is 1. The molecule has 0 aliphatic carbocycles. The minimum atomic E-state index is -0.374. The summed E-state index contributed by atoms with van der Waals surface area (Å²) < 4.78 is 16.9. The van der Waals surface area contributed by atoms with Crippen LogP contribution in [0.3, 0.4) is 0 Å². The summed E-state index contributed by atoms with van der Waals surface area (Å²) in [6, 6.07) is 7.87. The van der Waals surface area contributed by atoms with Crippen LogP contribution in [0, 0.1) is 0 Å². The maximum Gasteiger partial charge on any atom is 0.195 e. The second-order valence-corrected chi connectivity index (χ2v) is 5.11. The van der Waals surface area contributed by atoms with Gasteiger partial charge in [-0.15, -0.1) is 0 Å². The first-order valence-electron chi connectivity index (χ1n) is 6.88. The van der Waals surface area contributed by atoms with E-state index in [9.17, 15) is 0 Å². The molecule has 0 spiro atoms. The first-order valence-corrected chi connectivity index (χ1v) is 6.88. The lowest BCUT2D eigenvalue weighted by Gasteiger charge is -2.21. The Hall–Kier alpha value is -1.39. The highest BCUT2D eigenvalue weighted by atomic mass is 16.7. The maximum absolute atomic E-state index is 5.69. The number of rotatable bonds is 5. The van der Waals surface area contributed by atoms with E-state index >= 15 is 0 Å². The number of aromatic nitrogens is 1. The van der Waals surface area contributed by atoms with Gasteiger partial charge in [-0.3, -0.25) is 0 Å². The fraction of sp³-hybridized carbons (Fsp3) is 0.533. The largest absolute Gasteiger partial charge is 0.441 e. The lowest BCUT2D eigenvalue weighted by Crippen LogP contribution is -2.25. The number of benzene rings is 1. The van der Waals surface area contributed by atoms with E-state index in [4.69, 9.17) is 13.9 Å². The Balaban J connectivity index is 1.49. The molecular weight excluding hydrogens is 242 g/mol. The van der Waals surface area contributed by atoms with Crippen molar-refractivity contribution in [1.82, 2.24) is 4.98 Å². The van der Waals surface area contributed by atoms with Gasteiger partial charge in [-0.25, -0.2) is 4.98 Å². The summed E-state index contributed by atoms with van der Waals surface area (Å²) in [5, 5.41) is 0. The molecule has 0 bridgehead atoms. The molecule has 0 unspecified atom stereocenters. The van der Waals surface area contributed by atoms with Crippen molar-refractivity contribution in [1.29, 1.82) is 0 Å². The Morgan fingerprint density at radius 2 is 1.95 bits per heavy atom. The monoisotopic (exact) mass is 261 g/mol. The molecule has 0 saturated carbocycles. The van der Waals surface area contributed by atoms with Gasteiger partial charge in [0.05, 0.1) is 13.2 Å². The van der Waals surface area contributed by atoms with E-state index in [0.717, 1.165) is 42.7 Å². The van der Waals surface area contributed by atoms with E-state index < -0.39 is 0 Å². The van der Waals surface area contributed by atoms with Crippen LogP contribution in [0.1, 0.15) is 32.1 Å². The van der Waals surface area contributed by atoms with Crippen LogP contribution in [-0.4, -0.2) is 24.0 Å². The average Bonchev–Trinajstić information content (AvgIpc) is 3.01. The van der Waals surface area contributed by atoms with E-state index in [1.807, 2.05) is 31.2 Å². The van der Waals surface area contributed by atoms with Crippen molar-refractivity contribution < 1.29 is 13.9 Å². The van der Waals surface area contributed by atoms with Crippen molar-refractivity contribution in [3.63, 3.8) is 0 Å². The van der Waals surface area contributed by atoms with E-state index in [0.29, 0.717) is 13.2 Å². The second-order valence-electron chi connectivity index (χ2n) is 5.11. The topological polar surface area (TPSA) is 44.5 Å². The van der Waals surface area contributed by atoms with Crippen LogP contribution in [-0.2, 0) is 15.9 Å². The van der Waals surface area contributed by atoms with Crippen LogP contribution < -0.4 is 0 Å². The average molecular weight is 261 g/mol. The molecule has 1 aliphatic rings. The molecule has 1 aliphatic heterocycles. The zero-order valence-electron chi connectivity index (χ0n) is 11.2. The Kier molecular flexibility index (Phi) is 3.53. The molecule has 2 heterocycles. The van der Waals surface area contributed by atoms with Gasteiger partial charge in [0.15, 0.2) is 17.3 Å².